The number of amides is 3. The van der Waals surface area contributed by atoms with E-state index in [0.29, 0.717) is 21.2 Å². The Morgan fingerprint density at radius 2 is 1.76 bits per heavy atom. The standard InChI is InChI=1S/C25H24Cl2N2O4/c26-16-8-4-7-15(11-16)22-25(19(13-21(30)28-22)14-5-2-1-3-6-14)18-10-9-17(27)12-20(18)29(23(25)31)24(32)33/h4,7-12,14,19,22H,1-3,5-6,13H2,(H,28,30)(H,32,33). The SMILES string of the molecule is O=C1CC(C2CCCCC2)C2(C(=O)N(C(=O)O)c3cc(Cl)ccc32)C(c2cccc(Cl)c2)N1. The minimum absolute atomic E-state index is 0.132. The van der Waals surface area contributed by atoms with Gasteiger partial charge in [-0.25, -0.2) is 9.69 Å². The summed E-state index contributed by atoms with van der Waals surface area (Å²) in [5, 5.41) is 13.9. The first kappa shape index (κ1) is 22.2. The summed E-state index contributed by atoms with van der Waals surface area (Å²) in [6, 6.07) is 11.3. The molecule has 6 nitrogen and oxygen atoms in total. The molecule has 5 rings (SSSR count). The van der Waals surface area contributed by atoms with E-state index in [9.17, 15) is 19.5 Å². The summed E-state index contributed by atoms with van der Waals surface area (Å²) < 4.78 is 0. The van der Waals surface area contributed by atoms with Crippen molar-refractivity contribution in [2.24, 2.45) is 11.8 Å². The van der Waals surface area contributed by atoms with Gasteiger partial charge in [0.2, 0.25) is 11.8 Å². The Morgan fingerprint density at radius 3 is 2.45 bits per heavy atom. The van der Waals surface area contributed by atoms with E-state index in [-0.39, 0.29) is 29.9 Å². The Kier molecular flexibility index (Phi) is 5.61. The second-order valence-corrected chi connectivity index (χ2v) is 10.1. The maximum Gasteiger partial charge on any atom is 0.418 e. The summed E-state index contributed by atoms with van der Waals surface area (Å²) in [5.41, 5.74) is 0.278. The fourth-order valence-corrected chi connectivity index (χ4v) is 6.66. The third-order valence-electron chi connectivity index (χ3n) is 7.55. The lowest BCUT2D eigenvalue weighted by atomic mass is 9.56. The molecule has 172 valence electrons. The fourth-order valence-electron chi connectivity index (χ4n) is 6.29. The topological polar surface area (TPSA) is 86.7 Å². The normalized spacial score (nSPS) is 27.5. The van der Waals surface area contributed by atoms with E-state index in [4.69, 9.17) is 23.2 Å². The summed E-state index contributed by atoms with van der Waals surface area (Å²) in [5.74, 6) is -0.883. The highest BCUT2D eigenvalue weighted by atomic mass is 35.5. The largest absolute Gasteiger partial charge is 0.464 e. The molecule has 2 aliphatic heterocycles. The first-order valence-corrected chi connectivity index (χ1v) is 12.0. The van der Waals surface area contributed by atoms with Crippen LogP contribution in [0.1, 0.15) is 55.7 Å². The van der Waals surface area contributed by atoms with Crippen LogP contribution in [0.5, 0.6) is 0 Å². The average Bonchev–Trinajstić information content (AvgIpc) is 3.03. The van der Waals surface area contributed by atoms with Crippen molar-refractivity contribution in [3.63, 3.8) is 0 Å². The van der Waals surface area contributed by atoms with Gasteiger partial charge in [-0.15, -0.1) is 0 Å². The summed E-state index contributed by atoms with van der Waals surface area (Å²) in [6.07, 6.45) is 3.82. The van der Waals surface area contributed by atoms with Gasteiger partial charge in [-0.1, -0.05) is 73.5 Å². The number of imide groups is 1. The zero-order valence-corrected chi connectivity index (χ0v) is 19.4. The average molecular weight is 487 g/mol. The van der Waals surface area contributed by atoms with Crippen molar-refractivity contribution in [1.82, 2.24) is 5.32 Å². The fraction of sp³-hybridized carbons (Fsp3) is 0.400. The molecule has 8 heteroatoms. The highest BCUT2D eigenvalue weighted by Crippen LogP contribution is 2.59. The van der Waals surface area contributed by atoms with Gasteiger partial charge in [0.05, 0.1) is 11.7 Å². The summed E-state index contributed by atoms with van der Waals surface area (Å²) in [4.78, 5) is 40.4. The second kappa shape index (κ2) is 8.33. The maximum absolute atomic E-state index is 14.2. The van der Waals surface area contributed by atoms with Crippen LogP contribution >= 0.6 is 23.2 Å². The molecule has 0 aromatic heterocycles. The van der Waals surface area contributed by atoms with Crippen LogP contribution in [0.2, 0.25) is 10.0 Å². The molecule has 3 atom stereocenters. The van der Waals surface area contributed by atoms with Crippen molar-refractivity contribution >= 4 is 46.8 Å². The number of rotatable bonds is 2. The van der Waals surface area contributed by atoms with E-state index in [1.807, 2.05) is 6.07 Å². The minimum atomic E-state index is -1.36. The number of halogens is 2. The highest BCUT2D eigenvalue weighted by molar-refractivity contribution is 6.32. The van der Waals surface area contributed by atoms with Crippen LogP contribution < -0.4 is 10.2 Å². The van der Waals surface area contributed by atoms with Gasteiger partial charge in [0.1, 0.15) is 5.41 Å². The number of anilines is 1. The summed E-state index contributed by atoms with van der Waals surface area (Å²) in [6.45, 7) is 0. The molecular formula is C25H24Cl2N2O4. The van der Waals surface area contributed by atoms with E-state index >= 15 is 0 Å². The monoisotopic (exact) mass is 486 g/mol. The van der Waals surface area contributed by atoms with Gasteiger partial charge in [0.25, 0.3) is 0 Å². The van der Waals surface area contributed by atoms with Gasteiger partial charge >= 0.3 is 6.09 Å². The van der Waals surface area contributed by atoms with E-state index < -0.39 is 23.5 Å². The van der Waals surface area contributed by atoms with Crippen LogP contribution in [0.3, 0.4) is 0 Å². The molecule has 2 N–H and O–H groups in total. The smallest absolute Gasteiger partial charge is 0.418 e. The van der Waals surface area contributed by atoms with Gasteiger partial charge in [0, 0.05) is 16.5 Å². The number of nitrogens with one attached hydrogen (secondary N) is 1. The van der Waals surface area contributed by atoms with Crippen LogP contribution in [-0.4, -0.2) is 23.0 Å². The maximum atomic E-state index is 14.2. The molecule has 3 unspecified atom stereocenters. The molecule has 0 bridgehead atoms. The lowest BCUT2D eigenvalue weighted by molar-refractivity contribution is -0.137. The molecule has 1 spiro atoms. The van der Waals surface area contributed by atoms with Crippen molar-refractivity contribution < 1.29 is 19.5 Å². The Balaban J connectivity index is 1.80. The van der Waals surface area contributed by atoms with Crippen molar-refractivity contribution in [3.05, 3.63) is 63.6 Å². The molecule has 1 saturated carbocycles. The third-order valence-corrected chi connectivity index (χ3v) is 8.02. The van der Waals surface area contributed by atoms with Crippen LogP contribution in [0, 0.1) is 11.8 Å². The zero-order valence-electron chi connectivity index (χ0n) is 17.9. The molecular weight excluding hydrogens is 463 g/mol. The first-order valence-electron chi connectivity index (χ1n) is 11.3. The van der Waals surface area contributed by atoms with Crippen LogP contribution in [0.4, 0.5) is 10.5 Å². The number of carbonyl (C=O) groups is 3. The molecule has 33 heavy (non-hydrogen) atoms. The van der Waals surface area contributed by atoms with Gasteiger partial charge in [-0.05, 0) is 47.2 Å². The van der Waals surface area contributed by atoms with E-state index in [1.54, 1.807) is 30.3 Å². The minimum Gasteiger partial charge on any atom is -0.464 e. The van der Waals surface area contributed by atoms with Crippen molar-refractivity contribution in [2.75, 3.05) is 4.90 Å². The molecule has 2 fully saturated rings. The molecule has 0 radical (unpaired) electrons. The van der Waals surface area contributed by atoms with Crippen molar-refractivity contribution in [2.45, 2.75) is 50.0 Å². The number of carbonyl (C=O) groups excluding carboxylic acids is 2. The van der Waals surface area contributed by atoms with Gasteiger partial charge in [-0.2, -0.15) is 0 Å². The highest BCUT2D eigenvalue weighted by Gasteiger charge is 2.65. The number of nitrogens with zero attached hydrogens (tertiary/aromatic N) is 1. The number of benzene rings is 2. The zero-order chi connectivity index (χ0) is 23.3. The lowest BCUT2D eigenvalue weighted by Crippen LogP contribution is -2.61. The molecule has 2 aromatic rings. The molecule has 1 aliphatic carbocycles. The van der Waals surface area contributed by atoms with E-state index in [2.05, 4.69) is 5.32 Å². The predicted molar refractivity (Wildman–Crippen MR) is 126 cm³/mol. The van der Waals surface area contributed by atoms with E-state index in [0.717, 1.165) is 37.0 Å². The van der Waals surface area contributed by atoms with Crippen molar-refractivity contribution in [1.29, 1.82) is 0 Å². The van der Waals surface area contributed by atoms with Crippen LogP contribution in [-0.2, 0) is 15.0 Å². The number of hydrogen-bond acceptors (Lipinski definition) is 3. The number of hydrogen-bond donors (Lipinski definition) is 2. The molecule has 3 amide bonds. The predicted octanol–water partition coefficient (Wildman–Crippen LogP) is 5.71. The Bertz CT molecular complexity index is 1150. The first-order chi connectivity index (χ1) is 15.8. The molecule has 2 aromatic carbocycles. The Hall–Kier alpha value is -2.57. The summed E-state index contributed by atoms with van der Waals surface area (Å²) in [7, 11) is 0. The van der Waals surface area contributed by atoms with Gasteiger partial charge in [0.15, 0.2) is 0 Å². The third kappa shape index (κ3) is 3.42. The Morgan fingerprint density at radius 1 is 1.03 bits per heavy atom. The molecule has 2 heterocycles. The van der Waals surface area contributed by atoms with Crippen molar-refractivity contribution in [3.8, 4) is 0 Å². The van der Waals surface area contributed by atoms with E-state index in [1.165, 1.54) is 6.07 Å². The number of fused-ring (bicyclic) bond motifs is 2. The molecule has 3 aliphatic rings. The van der Waals surface area contributed by atoms with Gasteiger partial charge in [-0.3, -0.25) is 9.59 Å². The lowest BCUT2D eigenvalue weighted by Gasteiger charge is -2.50. The summed E-state index contributed by atoms with van der Waals surface area (Å²) >= 11 is 12.5. The number of carboxylic acid groups (broad SMARTS) is 1. The molecule has 1 saturated heterocycles. The van der Waals surface area contributed by atoms with Crippen LogP contribution in [0.25, 0.3) is 0 Å². The number of piperidine rings is 1. The van der Waals surface area contributed by atoms with Gasteiger partial charge < -0.3 is 10.4 Å². The van der Waals surface area contributed by atoms with Crippen LogP contribution in [0.15, 0.2) is 42.5 Å². The Labute approximate surface area is 201 Å². The quantitative estimate of drug-likeness (QED) is 0.568. The second-order valence-electron chi connectivity index (χ2n) is 9.22.